The fourth-order valence-corrected chi connectivity index (χ4v) is 2.38. The van der Waals surface area contributed by atoms with Gasteiger partial charge in [0.25, 0.3) is 0 Å². The first kappa shape index (κ1) is 10.3. The fourth-order valence-electron chi connectivity index (χ4n) is 2.38. The van der Waals surface area contributed by atoms with Crippen molar-refractivity contribution in [1.82, 2.24) is 9.78 Å². The summed E-state index contributed by atoms with van der Waals surface area (Å²) < 4.78 is 1.77. The van der Waals surface area contributed by atoms with Gasteiger partial charge in [0.1, 0.15) is 0 Å². The molecule has 0 N–H and O–H groups in total. The number of aromatic nitrogens is 2. The van der Waals surface area contributed by atoms with Gasteiger partial charge in [0.15, 0.2) is 5.78 Å². The third kappa shape index (κ3) is 1.78. The Bertz CT molecular complexity index is 584. The second-order valence-electron chi connectivity index (χ2n) is 4.55. The summed E-state index contributed by atoms with van der Waals surface area (Å²) >= 11 is 0. The third-order valence-electron chi connectivity index (χ3n) is 3.30. The Balaban J connectivity index is 2.08. The minimum atomic E-state index is 0.275. The number of rotatable bonds is 1. The maximum absolute atomic E-state index is 11.9. The van der Waals surface area contributed by atoms with E-state index in [0.717, 1.165) is 29.5 Å². The highest BCUT2D eigenvalue weighted by Gasteiger charge is 2.17. The van der Waals surface area contributed by atoms with Crippen molar-refractivity contribution in [1.29, 1.82) is 0 Å². The normalized spacial score (nSPS) is 14.8. The quantitative estimate of drug-likeness (QED) is 0.749. The summed E-state index contributed by atoms with van der Waals surface area (Å²) in [6, 6.07) is 6.16. The number of Topliss-reactive ketones (excluding diaryl/α,β-unsaturated/α-hetero) is 1. The molecule has 1 aliphatic rings. The van der Waals surface area contributed by atoms with Gasteiger partial charge in [-0.15, -0.1) is 0 Å². The first-order chi connectivity index (χ1) is 8.24. The number of fused-ring (bicyclic) bond motifs is 1. The molecular weight excluding hydrogens is 212 g/mol. The molecule has 17 heavy (non-hydrogen) atoms. The van der Waals surface area contributed by atoms with Crippen LogP contribution in [0.2, 0.25) is 0 Å². The minimum Gasteiger partial charge on any atom is -0.294 e. The molecule has 0 fully saturated rings. The summed E-state index contributed by atoms with van der Waals surface area (Å²) in [6.07, 6.45) is 6.49. The highest BCUT2D eigenvalue weighted by Crippen LogP contribution is 2.27. The maximum atomic E-state index is 11.9. The smallest absolute Gasteiger partial charge is 0.163 e. The second-order valence-corrected chi connectivity index (χ2v) is 4.55. The van der Waals surface area contributed by atoms with Crippen molar-refractivity contribution in [3.63, 3.8) is 0 Å². The van der Waals surface area contributed by atoms with Gasteiger partial charge in [0.2, 0.25) is 0 Å². The summed E-state index contributed by atoms with van der Waals surface area (Å²) in [6.45, 7) is 0. The van der Waals surface area contributed by atoms with E-state index in [1.54, 1.807) is 4.68 Å². The Labute approximate surface area is 100 Å². The van der Waals surface area contributed by atoms with Crippen LogP contribution in [0.1, 0.15) is 28.8 Å². The Morgan fingerprint density at radius 1 is 1.24 bits per heavy atom. The Kier molecular flexibility index (Phi) is 2.32. The monoisotopic (exact) mass is 226 g/mol. The zero-order valence-corrected chi connectivity index (χ0v) is 9.81. The lowest BCUT2D eigenvalue weighted by molar-refractivity contribution is 0.0972. The molecule has 0 saturated heterocycles. The Hall–Kier alpha value is -1.90. The minimum absolute atomic E-state index is 0.275. The number of ketones is 1. The average molecular weight is 226 g/mol. The predicted molar refractivity (Wildman–Crippen MR) is 65.9 cm³/mol. The van der Waals surface area contributed by atoms with Gasteiger partial charge < -0.3 is 0 Å². The van der Waals surface area contributed by atoms with E-state index in [-0.39, 0.29) is 5.78 Å². The molecule has 3 heteroatoms. The van der Waals surface area contributed by atoms with E-state index < -0.39 is 0 Å². The average Bonchev–Trinajstić information content (AvgIpc) is 2.76. The van der Waals surface area contributed by atoms with Crippen LogP contribution < -0.4 is 0 Å². The summed E-state index contributed by atoms with van der Waals surface area (Å²) in [5, 5.41) is 4.16. The molecule has 0 atom stereocenters. The maximum Gasteiger partial charge on any atom is 0.163 e. The van der Waals surface area contributed by atoms with E-state index in [1.165, 1.54) is 5.56 Å². The van der Waals surface area contributed by atoms with Crippen molar-refractivity contribution in [2.75, 3.05) is 0 Å². The van der Waals surface area contributed by atoms with Crippen LogP contribution in [0.3, 0.4) is 0 Å². The van der Waals surface area contributed by atoms with E-state index >= 15 is 0 Å². The van der Waals surface area contributed by atoms with E-state index in [1.807, 2.05) is 25.5 Å². The van der Waals surface area contributed by atoms with Crippen molar-refractivity contribution in [2.45, 2.75) is 19.3 Å². The molecule has 1 aromatic heterocycles. The number of hydrogen-bond acceptors (Lipinski definition) is 2. The largest absolute Gasteiger partial charge is 0.294 e. The molecule has 2 aromatic rings. The Morgan fingerprint density at radius 2 is 2.12 bits per heavy atom. The zero-order chi connectivity index (χ0) is 11.8. The Morgan fingerprint density at radius 3 is 2.88 bits per heavy atom. The van der Waals surface area contributed by atoms with Crippen LogP contribution in [0.15, 0.2) is 30.6 Å². The molecule has 86 valence electrons. The predicted octanol–water partition coefficient (Wildman–Crippen LogP) is 2.61. The number of nitrogens with zero attached hydrogens (tertiary/aromatic N) is 2. The van der Waals surface area contributed by atoms with Gasteiger partial charge in [-0.1, -0.05) is 12.1 Å². The molecule has 3 rings (SSSR count). The van der Waals surface area contributed by atoms with Crippen LogP contribution in [-0.2, 0) is 13.5 Å². The molecule has 1 aliphatic carbocycles. The van der Waals surface area contributed by atoms with Gasteiger partial charge in [0.05, 0.1) is 6.20 Å². The van der Waals surface area contributed by atoms with Crippen molar-refractivity contribution < 1.29 is 4.79 Å². The van der Waals surface area contributed by atoms with Crippen molar-refractivity contribution >= 4 is 5.78 Å². The summed E-state index contributed by atoms with van der Waals surface area (Å²) in [7, 11) is 1.90. The molecule has 0 radical (unpaired) electrons. The van der Waals surface area contributed by atoms with Crippen LogP contribution in [0.25, 0.3) is 11.1 Å². The molecule has 1 aromatic carbocycles. The first-order valence-electron chi connectivity index (χ1n) is 5.89. The van der Waals surface area contributed by atoms with Crippen molar-refractivity contribution in [3.05, 3.63) is 41.7 Å². The van der Waals surface area contributed by atoms with E-state index in [9.17, 15) is 4.79 Å². The molecule has 0 unspecified atom stereocenters. The van der Waals surface area contributed by atoms with Gasteiger partial charge in [-0.3, -0.25) is 9.48 Å². The third-order valence-corrected chi connectivity index (χ3v) is 3.30. The lowest BCUT2D eigenvalue weighted by atomic mass is 9.88. The van der Waals surface area contributed by atoms with E-state index in [2.05, 4.69) is 17.2 Å². The molecule has 0 spiro atoms. The van der Waals surface area contributed by atoms with Crippen LogP contribution in [0.4, 0.5) is 0 Å². The van der Waals surface area contributed by atoms with Crippen LogP contribution in [-0.4, -0.2) is 15.6 Å². The van der Waals surface area contributed by atoms with Crippen LogP contribution in [0, 0.1) is 0 Å². The molecule has 0 bridgehead atoms. The van der Waals surface area contributed by atoms with Gasteiger partial charge in [0, 0.05) is 30.8 Å². The molecule has 0 aliphatic heterocycles. The summed E-state index contributed by atoms with van der Waals surface area (Å²) in [4.78, 5) is 11.9. The number of carbonyl (C=O) groups is 1. The standard InChI is InChI=1S/C14H14N2O/c1-16-9-12(8-15-16)11-6-5-10-3-2-4-14(17)13(10)7-11/h5-9H,2-4H2,1H3. The number of carbonyl (C=O) groups excluding carboxylic acids is 1. The summed E-state index contributed by atoms with van der Waals surface area (Å²) in [5.74, 6) is 0.275. The summed E-state index contributed by atoms with van der Waals surface area (Å²) in [5.41, 5.74) is 4.23. The van der Waals surface area contributed by atoms with Crippen molar-refractivity contribution in [2.24, 2.45) is 7.05 Å². The van der Waals surface area contributed by atoms with Gasteiger partial charge in [-0.25, -0.2) is 0 Å². The SMILES string of the molecule is Cn1cc(-c2ccc3c(c2)C(=O)CCC3)cn1. The zero-order valence-electron chi connectivity index (χ0n) is 9.81. The van der Waals surface area contributed by atoms with Crippen LogP contribution >= 0.6 is 0 Å². The molecule has 0 saturated carbocycles. The number of hydrogen-bond donors (Lipinski definition) is 0. The highest BCUT2D eigenvalue weighted by atomic mass is 16.1. The molecule has 3 nitrogen and oxygen atoms in total. The lowest BCUT2D eigenvalue weighted by Crippen LogP contribution is -2.10. The highest BCUT2D eigenvalue weighted by molar-refractivity contribution is 5.99. The number of aryl methyl sites for hydroxylation is 2. The molecule has 1 heterocycles. The second kappa shape index (κ2) is 3.84. The molecular formula is C14H14N2O. The number of benzene rings is 1. The van der Waals surface area contributed by atoms with Crippen molar-refractivity contribution in [3.8, 4) is 11.1 Å². The van der Waals surface area contributed by atoms with E-state index in [0.29, 0.717) is 6.42 Å². The van der Waals surface area contributed by atoms with E-state index in [4.69, 9.17) is 0 Å². The van der Waals surface area contributed by atoms with Gasteiger partial charge in [-0.2, -0.15) is 5.10 Å². The fraction of sp³-hybridized carbons (Fsp3) is 0.286. The van der Waals surface area contributed by atoms with Crippen LogP contribution in [0.5, 0.6) is 0 Å². The van der Waals surface area contributed by atoms with Gasteiger partial charge >= 0.3 is 0 Å². The van der Waals surface area contributed by atoms with Gasteiger partial charge in [-0.05, 0) is 30.0 Å². The molecule has 0 amide bonds. The first-order valence-corrected chi connectivity index (χ1v) is 5.89. The topological polar surface area (TPSA) is 34.9 Å². The lowest BCUT2D eigenvalue weighted by Gasteiger charge is -2.15.